The van der Waals surface area contributed by atoms with Gasteiger partial charge >= 0.3 is 0 Å². The van der Waals surface area contributed by atoms with Gasteiger partial charge < -0.3 is 10.1 Å². The molecule has 0 saturated carbocycles. The molecule has 0 aliphatic rings. The second kappa shape index (κ2) is 8.48. The zero-order valence-electron chi connectivity index (χ0n) is 11.4. The van der Waals surface area contributed by atoms with Gasteiger partial charge in [-0.1, -0.05) is 29.8 Å². The summed E-state index contributed by atoms with van der Waals surface area (Å²) >= 11 is 6.16. The highest BCUT2D eigenvalue weighted by Gasteiger charge is 2.10. The summed E-state index contributed by atoms with van der Waals surface area (Å²) in [7, 11) is 3.83. The van der Waals surface area contributed by atoms with Crippen LogP contribution in [0.3, 0.4) is 0 Å². The molecular formula is C14H23ClN2O. The van der Waals surface area contributed by atoms with Gasteiger partial charge in [-0.15, -0.1) is 0 Å². The summed E-state index contributed by atoms with van der Waals surface area (Å²) < 4.78 is 5.00. The van der Waals surface area contributed by atoms with E-state index in [0.717, 1.165) is 31.3 Å². The van der Waals surface area contributed by atoms with Gasteiger partial charge in [0.25, 0.3) is 0 Å². The molecule has 0 aliphatic heterocycles. The second-order valence-electron chi connectivity index (χ2n) is 4.55. The summed E-state index contributed by atoms with van der Waals surface area (Å²) in [5.41, 5.74) is 1.17. The largest absolute Gasteiger partial charge is 0.383 e. The van der Waals surface area contributed by atoms with Crippen LogP contribution < -0.4 is 5.32 Å². The van der Waals surface area contributed by atoms with E-state index in [2.05, 4.69) is 30.3 Å². The fourth-order valence-electron chi connectivity index (χ4n) is 1.69. The van der Waals surface area contributed by atoms with Crippen molar-refractivity contribution in [3.8, 4) is 0 Å². The maximum atomic E-state index is 6.16. The van der Waals surface area contributed by atoms with Gasteiger partial charge in [-0.25, -0.2) is 0 Å². The van der Waals surface area contributed by atoms with Crippen molar-refractivity contribution in [1.29, 1.82) is 0 Å². The third-order valence-corrected chi connectivity index (χ3v) is 3.42. The number of hydrogen-bond donors (Lipinski definition) is 1. The van der Waals surface area contributed by atoms with Crippen molar-refractivity contribution in [2.24, 2.45) is 0 Å². The number of nitrogens with one attached hydrogen (secondary N) is 1. The van der Waals surface area contributed by atoms with E-state index >= 15 is 0 Å². The lowest BCUT2D eigenvalue weighted by molar-refractivity contribution is 0.191. The van der Waals surface area contributed by atoms with Crippen LogP contribution in [0.1, 0.15) is 12.5 Å². The number of ether oxygens (including phenoxy) is 1. The minimum absolute atomic E-state index is 0.457. The zero-order chi connectivity index (χ0) is 13.4. The number of likely N-dealkylation sites (N-methyl/N-ethyl adjacent to an activating group) is 1. The van der Waals surface area contributed by atoms with Crippen molar-refractivity contribution >= 4 is 11.6 Å². The van der Waals surface area contributed by atoms with Gasteiger partial charge in [0.1, 0.15) is 0 Å². The Labute approximate surface area is 115 Å². The maximum absolute atomic E-state index is 6.16. The van der Waals surface area contributed by atoms with Crippen LogP contribution in [0.4, 0.5) is 0 Å². The topological polar surface area (TPSA) is 24.5 Å². The lowest BCUT2D eigenvalue weighted by Crippen LogP contribution is -2.38. The molecule has 4 heteroatoms. The average Bonchev–Trinajstić information content (AvgIpc) is 2.37. The van der Waals surface area contributed by atoms with Crippen LogP contribution in [0.15, 0.2) is 24.3 Å². The summed E-state index contributed by atoms with van der Waals surface area (Å²) in [5, 5.41) is 4.20. The van der Waals surface area contributed by atoms with E-state index in [0.29, 0.717) is 6.04 Å². The summed E-state index contributed by atoms with van der Waals surface area (Å²) in [6.45, 7) is 5.66. The van der Waals surface area contributed by atoms with Crippen molar-refractivity contribution in [2.75, 3.05) is 33.9 Å². The third kappa shape index (κ3) is 5.36. The Bertz CT molecular complexity index is 346. The Morgan fingerprint density at radius 1 is 1.39 bits per heavy atom. The lowest BCUT2D eigenvalue weighted by atomic mass is 10.2. The number of nitrogens with zero attached hydrogens (tertiary/aromatic N) is 1. The molecule has 102 valence electrons. The van der Waals surface area contributed by atoms with Crippen LogP contribution in [0, 0.1) is 0 Å². The van der Waals surface area contributed by atoms with Crippen LogP contribution >= 0.6 is 11.6 Å². The Balaban J connectivity index is 2.35. The van der Waals surface area contributed by atoms with Crippen LogP contribution in [0.25, 0.3) is 0 Å². The molecular weight excluding hydrogens is 248 g/mol. The first-order valence-corrected chi connectivity index (χ1v) is 6.66. The normalized spacial score (nSPS) is 12.9. The molecule has 0 aliphatic carbocycles. The molecule has 0 spiro atoms. The van der Waals surface area contributed by atoms with Crippen LogP contribution in [0.5, 0.6) is 0 Å². The number of hydrogen-bond acceptors (Lipinski definition) is 3. The highest BCUT2D eigenvalue weighted by Crippen LogP contribution is 2.17. The molecule has 0 radical (unpaired) electrons. The van der Waals surface area contributed by atoms with Crippen molar-refractivity contribution < 1.29 is 4.74 Å². The molecule has 18 heavy (non-hydrogen) atoms. The predicted molar refractivity (Wildman–Crippen MR) is 77.1 cm³/mol. The molecule has 0 heterocycles. The summed E-state index contributed by atoms with van der Waals surface area (Å²) in [5.74, 6) is 0. The van der Waals surface area contributed by atoms with Gasteiger partial charge in [-0.3, -0.25) is 4.90 Å². The van der Waals surface area contributed by atoms with Gasteiger partial charge in [-0.2, -0.15) is 0 Å². The van der Waals surface area contributed by atoms with Gasteiger partial charge in [0.05, 0.1) is 6.61 Å². The first-order valence-electron chi connectivity index (χ1n) is 6.28. The zero-order valence-corrected chi connectivity index (χ0v) is 12.2. The van der Waals surface area contributed by atoms with Crippen molar-refractivity contribution in [3.63, 3.8) is 0 Å². The smallest absolute Gasteiger partial charge is 0.0587 e. The van der Waals surface area contributed by atoms with Crippen molar-refractivity contribution in [2.45, 2.75) is 19.5 Å². The Morgan fingerprint density at radius 3 is 2.78 bits per heavy atom. The third-order valence-electron chi connectivity index (χ3n) is 3.05. The molecule has 0 saturated heterocycles. The quantitative estimate of drug-likeness (QED) is 0.734. The molecule has 1 rings (SSSR count). The minimum Gasteiger partial charge on any atom is -0.383 e. The Kier molecular flexibility index (Phi) is 7.28. The number of benzene rings is 1. The molecule has 0 bridgehead atoms. The van der Waals surface area contributed by atoms with E-state index in [-0.39, 0.29) is 0 Å². The highest BCUT2D eigenvalue weighted by atomic mass is 35.5. The van der Waals surface area contributed by atoms with Crippen molar-refractivity contribution in [1.82, 2.24) is 10.2 Å². The summed E-state index contributed by atoms with van der Waals surface area (Å²) in [4.78, 5) is 2.29. The minimum atomic E-state index is 0.457. The molecule has 1 aromatic rings. The van der Waals surface area contributed by atoms with Gasteiger partial charge in [0.2, 0.25) is 0 Å². The number of methoxy groups -OCH3 is 1. The van der Waals surface area contributed by atoms with Gasteiger partial charge in [0, 0.05) is 37.8 Å². The highest BCUT2D eigenvalue weighted by molar-refractivity contribution is 6.31. The molecule has 3 nitrogen and oxygen atoms in total. The molecule has 0 fully saturated rings. The van der Waals surface area contributed by atoms with E-state index in [4.69, 9.17) is 16.3 Å². The SMILES string of the molecule is COCCNCC(C)N(C)Cc1ccccc1Cl. The second-order valence-corrected chi connectivity index (χ2v) is 4.96. The average molecular weight is 271 g/mol. The van der Waals surface area contributed by atoms with E-state index in [1.165, 1.54) is 5.56 Å². The summed E-state index contributed by atoms with van der Waals surface area (Å²) in [6.07, 6.45) is 0. The molecule has 1 aromatic carbocycles. The lowest BCUT2D eigenvalue weighted by Gasteiger charge is -2.25. The standard InChI is InChI=1S/C14H23ClN2O/c1-12(10-16-8-9-18-3)17(2)11-13-6-4-5-7-14(13)15/h4-7,12,16H,8-11H2,1-3H3. The van der Waals surface area contributed by atoms with E-state index in [1.807, 2.05) is 18.2 Å². The van der Waals surface area contributed by atoms with Gasteiger partial charge in [0.15, 0.2) is 0 Å². The predicted octanol–water partition coefficient (Wildman–Crippen LogP) is 2.40. The van der Waals surface area contributed by atoms with Gasteiger partial charge in [-0.05, 0) is 25.6 Å². The molecule has 0 aromatic heterocycles. The van der Waals surface area contributed by atoms with Crippen molar-refractivity contribution in [3.05, 3.63) is 34.9 Å². The van der Waals surface area contributed by atoms with Crippen LogP contribution in [-0.4, -0.2) is 44.8 Å². The summed E-state index contributed by atoms with van der Waals surface area (Å²) in [6, 6.07) is 8.45. The van der Waals surface area contributed by atoms with Crippen LogP contribution in [0.2, 0.25) is 5.02 Å². The van der Waals surface area contributed by atoms with E-state index in [9.17, 15) is 0 Å². The van der Waals surface area contributed by atoms with E-state index < -0.39 is 0 Å². The van der Waals surface area contributed by atoms with Crippen LogP contribution in [-0.2, 0) is 11.3 Å². The maximum Gasteiger partial charge on any atom is 0.0587 e. The fourth-order valence-corrected chi connectivity index (χ4v) is 1.89. The number of rotatable bonds is 8. The molecule has 1 N–H and O–H groups in total. The fraction of sp³-hybridized carbons (Fsp3) is 0.571. The number of halogens is 1. The first-order chi connectivity index (χ1) is 8.65. The monoisotopic (exact) mass is 270 g/mol. The Morgan fingerprint density at radius 2 is 2.11 bits per heavy atom. The van der Waals surface area contributed by atoms with E-state index in [1.54, 1.807) is 7.11 Å². The Hall–Kier alpha value is -0.610. The molecule has 1 unspecified atom stereocenters. The first kappa shape index (κ1) is 15.4. The molecule has 0 amide bonds. The molecule has 1 atom stereocenters.